The summed E-state index contributed by atoms with van der Waals surface area (Å²) in [5.41, 5.74) is 0. The molecule has 0 spiro atoms. The average Bonchev–Trinajstić information content (AvgIpc) is 2.36. The molecule has 4 unspecified atom stereocenters. The molecular weight excluding hydrogens is 216 g/mol. The topological polar surface area (TPSA) is 35.5 Å². The summed E-state index contributed by atoms with van der Waals surface area (Å²) in [6.07, 6.45) is 6.84. The quantitative estimate of drug-likeness (QED) is 0.741. The molecule has 2 aliphatic rings. The maximum atomic E-state index is 11.4. The van der Waals surface area contributed by atoms with Crippen LogP contribution in [0.5, 0.6) is 0 Å². The van der Waals surface area contributed by atoms with Crippen LogP contribution in [-0.4, -0.2) is 30.7 Å². The van der Waals surface area contributed by atoms with Crippen LogP contribution in [0.15, 0.2) is 0 Å². The molecule has 0 aromatic carbocycles. The molecule has 98 valence electrons. The van der Waals surface area contributed by atoms with Crippen molar-refractivity contribution >= 4 is 5.78 Å². The molecule has 3 nitrogen and oxygen atoms in total. The standard InChI is InChI=1S/C14H24O3/c1-3-10-6-5-7-11(8-10)17-13-9-12(15)14(13)16-4-2/h10-11,13-14H,3-9H2,1-2H3. The lowest BCUT2D eigenvalue weighted by atomic mass is 9.84. The van der Waals surface area contributed by atoms with Gasteiger partial charge in [-0.05, 0) is 25.7 Å². The Labute approximate surface area is 104 Å². The van der Waals surface area contributed by atoms with E-state index in [9.17, 15) is 4.79 Å². The highest BCUT2D eigenvalue weighted by Gasteiger charge is 2.43. The fraction of sp³-hybridized carbons (Fsp3) is 0.929. The van der Waals surface area contributed by atoms with Crippen LogP contribution in [0.1, 0.15) is 52.4 Å². The van der Waals surface area contributed by atoms with Gasteiger partial charge in [-0.15, -0.1) is 0 Å². The maximum absolute atomic E-state index is 11.4. The summed E-state index contributed by atoms with van der Waals surface area (Å²) in [4.78, 5) is 11.4. The Morgan fingerprint density at radius 1 is 1.29 bits per heavy atom. The minimum atomic E-state index is -0.276. The van der Waals surface area contributed by atoms with Gasteiger partial charge < -0.3 is 9.47 Å². The average molecular weight is 240 g/mol. The van der Waals surface area contributed by atoms with E-state index in [0.717, 1.165) is 12.3 Å². The molecular formula is C14H24O3. The normalized spacial score (nSPS) is 37.9. The Balaban J connectivity index is 1.78. The van der Waals surface area contributed by atoms with E-state index >= 15 is 0 Å². The highest BCUT2D eigenvalue weighted by atomic mass is 16.6. The van der Waals surface area contributed by atoms with Crippen LogP contribution in [0.4, 0.5) is 0 Å². The highest BCUT2D eigenvalue weighted by Crippen LogP contribution is 2.32. The van der Waals surface area contributed by atoms with Crippen LogP contribution in [-0.2, 0) is 14.3 Å². The molecule has 17 heavy (non-hydrogen) atoms. The van der Waals surface area contributed by atoms with Gasteiger partial charge in [-0.25, -0.2) is 0 Å². The van der Waals surface area contributed by atoms with Crippen LogP contribution < -0.4 is 0 Å². The Kier molecular flexibility index (Phi) is 4.57. The molecule has 4 atom stereocenters. The van der Waals surface area contributed by atoms with E-state index in [4.69, 9.17) is 9.47 Å². The van der Waals surface area contributed by atoms with Crippen molar-refractivity contribution in [1.82, 2.24) is 0 Å². The molecule has 0 aromatic heterocycles. The molecule has 0 aromatic rings. The second kappa shape index (κ2) is 5.96. The maximum Gasteiger partial charge on any atom is 0.166 e. The molecule has 0 heterocycles. The number of Topliss-reactive ketones (excluding diaryl/α,β-unsaturated/α-hetero) is 1. The first-order valence-electron chi connectivity index (χ1n) is 7.04. The molecule has 0 saturated heterocycles. The minimum absolute atomic E-state index is 0.0306. The van der Waals surface area contributed by atoms with Gasteiger partial charge in [0.25, 0.3) is 0 Å². The van der Waals surface area contributed by atoms with Gasteiger partial charge in [0, 0.05) is 13.0 Å². The van der Waals surface area contributed by atoms with Crippen molar-refractivity contribution in [3.8, 4) is 0 Å². The van der Waals surface area contributed by atoms with Gasteiger partial charge in [-0.1, -0.05) is 26.2 Å². The highest BCUT2D eigenvalue weighted by molar-refractivity contribution is 5.90. The number of carbonyl (C=O) groups is 1. The van der Waals surface area contributed by atoms with Crippen molar-refractivity contribution in [3.63, 3.8) is 0 Å². The van der Waals surface area contributed by atoms with Crippen LogP contribution in [0.3, 0.4) is 0 Å². The fourth-order valence-electron chi connectivity index (χ4n) is 2.95. The SMILES string of the molecule is CCOC1C(=O)CC1OC1CCCC(CC)C1. The third-order valence-electron chi connectivity index (χ3n) is 4.08. The van der Waals surface area contributed by atoms with E-state index in [1.165, 1.54) is 25.7 Å². The predicted octanol–water partition coefficient (Wildman–Crippen LogP) is 2.72. The van der Waals surface area contributed by atoms with E-state index < -0.39 is 0 Å². The first-order chi connectivity index (χ1) is 8.24. The first-order valence-corrected chi connectivity index (χ1v) is 7.04. The van der Waals surface area contributed by atoms with Gasteiger partial charge in [0.1, 0.15) is 6.10 Å². The summed E-state index contributed by atoms with van der Waals surface area (Å²) >= 11 is 0. The lowest BCUT2D eigenvalue weighted by molar-refractivity contribution is -0.176. The number of hydrogen-bond acceptors (Lipinski definition) is 3. The van der Waals surface area contributed by atoms with Crippen molar-refractivity contribution in [2.45, 2.75) is 70.7 Å². The molecule has 2 saturated carbocycles. The smallest absolute Gasteiger partial charge is 0.166 e. The van der Waals surface area contributed by atoms with Crippen LogP contribution in [0, 0.1) is 5.92 Å². The zero-order valence-corrected chi connectivity index (χ0v) is 11.0. The molecule has 0 amide bonds. The molecule has 3 heteroatoms. The summed E-state index contributed by atoms with van der Waals surface area (Å²) in [5, 5.41) is 0. The van der Waals surface area contributed by atoms with Gasteiger partial charge in [0.2, 0.25) is 0 Å². The summed E-state index contributed by atoms with van der Waals surface area (Å²) < 4.78 is 11.5. The van der Waals surface area contributed by atoms with E-state index in [1.54, 1.807) is 0 Å². The van der Waals surface area contributed by atoms with E-state index in [0.29, 0.717) is 19.1 Å². The van der Waals surface area contributed by atoms with Crippen molar-refractivity contribution in [3.05, 3.63) is 0 Å². The Morgan fingerprint density at radius 3 is 2.76 bits per heavy atom. The summed E-state index contributed by atoms with van der Waals surface area (Å²) in [5.74, 6) is 1.02. The zero-order valence-electron chi connectivity index (χ0n) is 11.0. The number of ketones is 1. The van der Waals surface area contributed by atoms with E-state index in [-0.39, 0.29) is 18.0 Å². The summed E-state index contributed by atoms with van der Waals surface area (Å²) in [7, 11) is 0. The lowest BCUT2D eigenvalue weighted by Gasteiger charge is -2.39. The summed E-state index contributed by atoms with van der Waals surface area (Å²) in [6.45, 7) is 4.78. The van der Waals surface area contributed by atoms with Crippen LogP contribution >= 0.6 is 0 Å². The van der Waals surface area contributed by atoms with Crippen LogP contribution in [0.25, 0.3) is 0 Å². The molecule has 2 aliphatic carbocycles. The largest absolute Gasteiger partial charge is 0.371 e. The van der Waals surface area contributed by atoms with E-state index in [2.05, 4.69) is 6.92 Å². The second-order valence-electron chi connectivity index (χ2n) is 5.28. The monoisotopic (exact) mass is 240 g/mol. The number of carbonyl (C=O) groups excluding carboxylic acids is 1. The summed E-state index contributed by atoms with van der Waals surface area (Å²) in [6, 6.07) is 0. The predicted molar refractivity (Wildman–Crippen MR) is 65.9 cm³/mol. The number of ether oxygens (including phenoxy) is 2. The van der Waals surface area contributed by atoms with Gasteiger partial charge in [0.15, 0.2) is 5.78 Å². The first kappa shape index (κ1) is 13.0. The third kappa shape index (κ3) is 3.08. The molecule has 0 aliphatic heterocycles. The van der Waals surface area contributed by atoms with Crippen molar-refractivity contribution in [1.29, 1.82) is 0 Å². The number of rotatable bonds is 5. The van der Waals surface area contributed by atoms with E-state index in [1.807, 2.05) is 6.92 Å². The van der Waals surface area contributed by atoms with Gasteiger partial charge in [-0.2, -0.15) is 0 Å². The molecule has 0 radical (unpaired) electrons. The van der Waals surface area contributed by atoms with Gasteiger partial charge in [-0.3, -0.25) is 4.79 Å². The molecule has 2 fully saturated rings. The van der Waals surface area contributed by atoms with Gasteiger partial charge >= 0.3 is 0 Å². The van der Waals surface area contributed by atoms with Crippen LogP contribution in [0.2, 0.25) is 0 Å². The molecule has 0 bridgehead atoms. The second-order valence-corrected chi connectivity index (χ2v) is 5.28. The fourth-order valence-corrected chi connectivity index (χ4v) is 2.95. The van der Waals surface area contributed by atoms with Crippen molar-refractivity contribution in [2.24, 2.45) is 5.92 Å². The molecule has 2 rings (SSSR count). The lowest BCUT2D eigenvalue weighted by Crippen LogP contribution is -2.52. The Morgan fingerprint density at radius 2 is 2.12 bits per heavy atom. The third-order valence-corrected chi connectivity index (χ3v) is 4.08. The van der Waals surface area contributed by atoms with Crippen molar-refractivity contribution in [2.75, 3.05) is 6.61 Å². The number of hydrogen-bond donors (Lipinski definition) is 0. The zero-order chi connectivity index (χ0) is 12.3. The Hall–Kier alpha value is -0.410. The minimum Gasteiger partial charge on any atom is -0.371 e. The Bertz CT molecular complexity index is 264. The van der Waals surface area contributed by atoms with Crippen molar-refractivity contribution < 1.29 is 14.3 Å². The molecule has 0 N–H and O–H groups in total. The van der Waals surface area contributed by atoms with Gasteiger partial charge in [0.05, 0.1) is 12.2 Å².